The fourth-order valence-electron chi connectivity index (χ4n) is 4.18. The SMILES string of the molecule is CC1=C(c2cccc3ccccc23)C2CCCC=C2CC1. The van der Waals surface area contributed by atoms with E-state index < -0.39 is 0 Å². The summed E-state index contributed by atoms with van der Waals surface area (Å²) in [6, 6.07) is 15.6. The third-order valence-electron chi connectivity index (χ3n) is 5.23. The molecular formula is C21H22. The van der Waals surface area contributed by atoms with Gasteiger partial charge in [-0.3, -0.25) is 0 Å². The second-order valence-corrected chi connectivity index (χ2v) is 6.48. The second-order valence-electron chi connectivity index (χ2n) is 6.48. The molecule has 4 rings (SSSR count). The maximum atomic E-state index is 2.52. The smallest absolute Gasteiger partial charge is 0.00539 e. The summed E-state index contributed by atoms with van der Waals surface area (Å²) in [4.78, 5) is 0. The number of benzene rings is 2. The molecule has 106 valence electrons. The van der Waals surface area contributed by atoms with Crippen LogP contribution in [0.3, 0.4) is 0 Å². The molecule has 0 aliphatic heterocycles. The van der Waals surface area contributed by atoms with E-state index in [2.05, 4.69) is 55.5 Å². The maximum absolute atomic E-state index is 2.52. The molecule has 0 spiro atoms. The van der Waals surface area contributed by atoms with Gasteiger partial charge in [0.05, 0.1) is 0 Å². The largest absolute Gasteiger partial charge is 0.0847 e. The Morgan fingerprint density at radius 2 is 1.81 bits per heavy atom. The lowest BCUT2D eigenvalue weighted by Crippen LogP contribution is -2.16. The molecule has 0 N–H and O–H groups in total. The Balaban J connectivity index is 1.94. The predicted octanol–water partition coefficient (Wildman–Crippen LogP) is 6.13. The molecule has 0 saturated carbocycles. The van der Waals surface area contributed by atoms with E-state index in [-0.39, 0.29) is 0 Å². The number of allylic oxidation sites excluding steroid dienone is 4. The van der Waals surface area contributed by atoms with Crippen LogP contribution in [0.1, 0.15) is 44.6 Å². The van der Waals surface area contributed by atoms with Gasteiger partial charge in [0.15, 0.2) is 0 Å². The van der Waals surface area contributed by atoms with Crippen molar-refractivity contribution in [2.45, 2.75) is 39.0 Å². The molecule has 2 aliphatic carbocycles. The third kappa shape index (κ3) is 2.14. The summed E-state index contributed by atoms with van der Waals surface area (Å²) in [5.41, 5.74) is 6.41. The topological polar surface area (TPSA) is 0 Å². The standard InChI is InChI=1S/C21H22/c1-15-13-14-17-8-3-5-11-19(17)21(15)20-12-6-9-16-7-2-4-10-18(16)20/h2,4,6-10,12,19H,3,5,11,13-14H2,1H3. The van der Waals surface area contributed by atoms with Gasteiger partial charge < -0.3 is 0 Å². The molecule has 0 radical (unpaired) electrons. The van der Waals surface area contributed by atoms with Crippen molar-refractivity contribution in [2.24, 2.45) is 5.92 Å². The zero-order valence-corrected chi connectivity index (χ0v) is 12.7. The monoisotopic (exact) mass is 274 g/mol. The van der Waals surface area contributed by atoms with Gasteiger partial charge in [0.1, 0.15) is 0 Å². The van der Waals surface area contributed by atoms with E-state index in [4.69, 9.17) is 0 Å². The van der Waals surface area contributed by atoms with Gasteiger partial charge in [0, 0.05) is 5.92 Å². The van der Waals surface area contributed by atoms with E-state index in [0.717, 1.165) is 0 Å². The van der Waals surface area contributed by atoms with E-state index in [1.54, 1.807) is 16.7 Å². The molecule has 0 amide bonds. The molecule has 1 unspecified atom stereocenters. The normalized spacial score (nSPS) is 22.1. The number of rotatable bonds is 1. The van der Waals surface area contributed by atoms with Crippen LogP contribution in [0.4, 0.5) is 0 Å². The highest BCUT2D eigenvalue weighted by Gasteiger charge is 2.28. The van der Waals surface area contributed by atoms with Crippen LogP contribution < -0.4 is 0 Å². The third-order valence-corrected chi connectivity index (χ3v) is 5.23. The Hall–Kier alpha value is -1.82. The van der Waals surface area contributed by atoms with Crippen LogP contribution in [0.2, 0.25) is 0 Å². The summed E-state index contributed by atoms with van der Waals surface area (Å²) in [5.74, 6) is 0.679. The summed E-state index contributed by atoms with van der Waals surface area (Å²) < 4.78 is 0. The minimum Gasteiger partial charge on any atom is -0.0847 e. The summed E-state index contributed by atoms with van der Waals surface area (Å²) >= 11 is 0. The van der Waals surface area contributed by atoms with Crippen molar-refractivity contribution in [3.8, 4) is 0 Å². The average molecular weight is 274 g/mol. The molecule has 2 aliphatic rings. The quantitative estimate of drug-likeness (QED) is 0.548. The minimum atomic E-state index is 0.679. The molecule has 0 saturated heterocycles. The van der Waals surface area contributed by atoms with E-state index >= 15 is 0 Å². The Kier molecular flexibility index (Phi) is 3.18. The minimum absolute atomic E-state index is 0.679. The number of hydrogen-bond acceptors (Lipinski definition) is 0. The lowest BCUT2D eigenvalue weighted by atomic mass is 9.71. The van der Waals surface area contributed by atoms with Gasteiger partial charge in [-0.1, -0.05) is 59.7 Å². The Bertz CT molecular complexity index is 740. The van der Waals surface area contributed by atoms with Crippen molar-refractivity contribution in [1.29, 1.82) is 0 Å². The number of hydrogen-bond donors (Lipinski definition) is 0. The molecule has 0 fully saturated rings. The molecule has 0 aromatic heterocycles. The zero-order valence-electron chi connectivity index (χ0n) is 12.7. The molecule has 0 heteroatoms. The van der Waals surface area contributed by atoms with Gasteiger partial charge in [-0.25, -0.2) is 0 Å². The van der Waals surface area contributed by atoms with Crippen LogP contribution in [0.5, 0.6) is 0 Å². The van der Waals surface area contributed by atoms with Crippen molar-refractivity contribution < 1.29 is 0 Å². The summed E-state index contributed by atoms with van der Waals surface area (Å²) in [5, 5.41) is 2.78. The molecule has 1 atom stereocenters. The first-order chi connectivity index (χ1) is 10.3. The van der Waals surface area contributed by atoms with Crippen molar-refractivity contribution in [3.05, 3.63) is 65.3 Å². The van der Waals surface area contributed by atoms with Gasteiger partial charge in [0.25, 0.3) is 0 Å². The summed E-state index contributed by atoms with van der Waals surface area (Å²) in [7, 11) is 0. The Morgan fingerprint density at radius 3 is 2.76 bits per heavy atom. The van der Waals surface area contributed by atoms with Crippen molar-refractivity contribution >= 4 is 16.3 Å². The zero-order chi connectivity index (χ0) is 14.2. The first-order valence-corrected chi connectivity index (χ1v) is 8.21. The van der Waals surface area contributed by atoms with E-state index in [9.17, 15) is 0 Å². The van der Waals surface area contributed by atoms with Crippen LogP contribution in [0, 0.1) is 5.92 Å². The molecule has 2 aromatic rings. The highest BCUT2D eigenvalue weighted by atomic mass is 14.3. The predicted molar refractivity (Wildman–Crippen MR) is 91.2 cm³/mol. The fraction of sp³-hybridized carbons (Fsp3) is 0.333. The van der Waals surface area contributed by atoms with Crippen molar-refractivity contribution in [1.82, 2.24) is 0 Å². The van der Waals surface area contributed by atoms with E-state index in [0.29, 0.717) is 5.92 Å². The van der Waals surface area contributed by atoms with Gasteiger partial charge in [-0.15, -0.1) is 0 Å². The maximum Gasteiger partial charge on any atom is 0.00539 e. The lowest BCUT2D eigenvalue weighted by Gasteiger charge is -2.33. The van der Waals surface area contributed by atoms with Gasteiger partial charge >= 0.3 is 0 Å². The molecule has 0 nitrogen and oxygen atoms in total. The Labute approximate surface area is 127 Å². The average Bonchev–Trinajstić information content (AvgIpc) is 2.54. The molecule has 0 bridgehead atoms. The number of fused-ring (bicyclic) bond motifs is 2. The second kappa shape index (κ2) is 5.18. The van der Waals surface area contributed by atoms with Crippen molar-refractivity contribution in [2.75, 3.05) is 0 Å². The van der Waals surface area contributed by atoms with E-state index in [1.807, 2.05) is 0 Å². The summed E-state index contributed by atoms with van der Waals surface area (Å²) in [6.07, 6.45) is 9.00. The van der Waals surface area contributed by atoms with Crippen LogP contribution in [0.25, 0.3) is 16.3 Å². The molecule has 21 heavy (non-hydrogen) atoms. The highest BCUT2D eigenvalue weighted by molar-refractivity contribution is 5.95. The van der Waals surface area contributed by atoms with Crippen LogP contribution >= 0.6 is 0 Å². The highest BCUT2D eigenvalue weighted by Crippen LogP contribution is 2.46. The van der Waals surface area contributed by atoms with Gasteiger partial charge in [-0.05, 0) is 60.9 Å². The fourth-order valence-corrected chi connectivity index (χ4v) is 4.18. The molecule has 2 aromatic carbocycles. The van der Waals surface area contributed by atoms with Crippen LogP contribution in [0.15, 0.2) is 59.7 Å². The lowest BCUT2D eigenvalue weighted by molar-refractivity contribution is 0.568. The van der Waals surface area contributed by atoms with Crippen molar-refractivity contribution in [3.63, 3.8) is 0 Å². The first kappa shape index (κ1) is 12.9. The van der Waals surface area contributed by atoms with Crippen LogP contribution in [-0.4, -0.2) is 0 Å². The van der Waals surface area contributed by atoms with Crippen LogP contribution in [-0.2, 0) is 0 Å². The van der Waals surface area contributed by atoms with Gasteiger partial charge in [0.2, 0.25) is 0 Å². The molecular weight excluding hydrogens is 252 g/mol. The Morgan fingerprint density at radius 1 is 0.952 bits per heavy atom. The van der Waals surface area contributed by atoms with E-state index in [1.165, 1.54) is 48.4 Å². The summed E-state index contributed by atoms with van der Waals surface area (Å²) in [6.45, 7) is 2.35. The van der Waals surface area contributed by atoms with Gasteiger partial charge in [-0.2, -0.15) is 0 Å². The molecule has 0 heterocycles. The first-order valence-electron chi connectivity index (χ1n) is 8.21.